The number of oxazole rings is 1. The highest BCUT2D eigenvalue weighted by molar-refractivity contribution is 5.89. The van der Waals surface area contributed by atoms with Gasteiger partial charge < -0.3 is 13.7 Å². The van der Waals surface area contributed by atoms with E-state index in [4.69, 9.17) is 14.4 Å². The van der Waals surface area contributed by atoms with Gasteiger partial charge in [-0.15, -0.1) is 0 Å². The molecule has 0 radical (unpaired) electrons. The third kappa shape index (κ3) is 3.14. The Morgan fingerprint density at radius 2 is 2.17 bits per heavy atom. The lowest BCUT2D eigenvalue weighted by atomic mass is 10.1. The van der Waals surface area contributed by atoms with Crippen LogP contribution in [0.15, 0.2) is 53.5 Å². The van der Waals surface area contributed by atoms with Gasteiger partial charge in [-0.2, -0.15) is 5.26 Å². The van der Waals surface area contributed by atoms with Crippen molar-refractivity contribution in [3.05, 3.63) is 65.9 Å². The number of carbonyl (C=O) groups is 1. The topological polar surface area (TPSA) is 81.1 Å². The minimum atomic E-state index is -0.420. The van der Waals surface area contributed by atoms with Crippen molar-refractivity contribution in [2.24, 2.45) is 7.05 Å². The van der Waals surface area contributed by atoms with Crippen molar-refractivity contribution in [2.45, 2.75) is 6.61 Å². The summed E-state index contributed by atoms with van der Waals surface area (Å²) >= 11 is 0. The number of aromatic nitrogens is 2. The second kappa shape index (κ2) is 6.20. The highest BCUT2D eigenvalue weighted by atomic mass is 16.5. The van der Waals surface area contributed by atoms with Crippen LogP contribution < -0.4 is 0 Å². The Balaban J connectivity index is 1.65. The molecule has 0 amide bonds. The summed E-state index contributed by atoms with van der Waals surface area (Å²) < 4.78 is 12.1. The summed E-state index contributed by atoms with van der Waals surface area (Å²) in [6, 6.07) is 10.6. The van der Waals surface area contributed by atoms with Gasteiger partial charge in [-0.25, -0.2) is 9.78 Å². The fourth-order valence-corrected chi connectivity index (χ4v) is 2.18. The van der Waals surface area contributed by atoms with Crippen molar-refractivity contribution >= 4 is 5.97 Å². The van der Waals surface area contributed by atoms with E-state index in [0.29, 0.717) is 17.0 Å². The third-order valence-corrected chi connectivity index (χ3v) is 3.38. The lowest BCUT2D eigenvalue weighted by Gasteiger charge is -2.04. The van der Waals surface area contributed by atoms with Crippen LogP contribution in [-0.4, -0.2) is 15.5 Å². The number of ether oxygens (including phenoxy) is 1. The zero-order valence-electron chi connectivity index (χ0n) is 12.4. The molecular formula is C17H13N3O3. The normalized spacial score (nSPS) is 10.3. The number of nitriles is 1. The molecule has 6 nitrogen and oxygen atoms in total. The van der Waals surface area contributed by atoms with E-state index in [1.54, 1.807) is 54.3 Å². The summed E-state index contributed by atoms with van der Waals surface area (Å²) in [4.78, 5) is 15.9. The Morgan fingerprint density at radius 1 is 1.39 bits per heavy atom. The SMILES string of the molecule is Cn1cc(COC(=O)c2ccc(-c3cnco3)cc2)cc1C#N. The van der Waals surface area contributed by atoms with Gasteiger partial charge in [-0.3, -0.25) is 0 Å². The fraction of sp³-hybridized carbons (Fsp3) is 0.118. The maximum atomic E-state index is 12.0. The molecule has 3 rings (SSSR count). The average molecular weight is 307 g/mol. The minimum Gasteiger partial charge on any atom is -0.457 e. The first-order chi connectivity index (χ1) is 11.2. The van der Waals surface area contributed by atoms with Gasteiger partial charge in [0, 0.05) is 24.4 Å². The van der Waals surface area contributed by atoms with E-state index in [1.807, 2.05) is 0 Å². The summed E-state index contributed by atoms with van der Waals surface area (Å²) in [6.07, 6.45) is 4.72. The highest BCUT2D eigenvalue weighted by Gasteiger charge is 2.10. The van der Waals surface area contributed by atoms with Crippen LogP contribution in [0.4, 0.5) is 0 Å². The molecule has 0 N–H and O–H groups in total. The van der Waals surface area contributed by atoms with Crippen LogP contribution in [0.1, 0.15) is 21.6 Å². The van der Waals surface area contributed by atoms with Crippen molar-refractivity contribution in [3.8, 4) is 17.4 Å². The van der Waals surface area contributed by atoms with Crippen LogP contribution in [0, 0.1) is 11.3 Å². The zero-order chi connectivity index (χ0) is 16.2. The van der Waals surface area contributed by atoms with E-state index in [1.165, 1.54) is 6.39 Å². The van der Waals surface area contributed by atoms with Crippen molar-refractivity contribution in [1.29, 1.82) is 5.26 Å². The molecule has 0 fully saturated rings. The Hall–Kier alpha value is -3.33. The standard InChI is InChI=1S/C17H13N3O3/c1-20-9-12(6-15(20)7-18)10-22-17(21)14-4-2-13(3-5-14)16-8-19-11-23-16/h2-6,8-9,11H,10H2,1H3. The lowest BCUT2D eigenvalue weighted by molar-refractivity contribution is 0.0472. The maximum absolute atomic E-state index is 12.0. The number of benzene rings is 1. The number of rotatable bonds is 4. The Labute approximate surface area is 132 Å². The molecule has 0 unspecified atom stereocenters. The van der Waals surface area contributed by atoms with Gasteiger partial charge >= 0.3 is 5.97 Å². The predicted octanol–water partition coefficient (Wildman–Crippen LogP) is 2.91. The largest absolute Gasteiger partial charge is 0.457 e. The van der Waals surface area contributed by atoms with E-state index >= 15 is 0 Å². The molecule has 23 heavy (non-hydrogen) atoms. The first kappa shape index (κ1) is 14.6. The molecule has 3 aromatic rings. The number of nitrogens with zero attached hydrogens (tertiary/aromatic N) is 3. The summed E-state index contributed by atoms with van der Waals surface area (Å²) in [6.45, 7) is 0.123. The van der Waals surface area contributed by atoms with Crippen LogP contribution in [0.25, 0.3) is 11.3 Å². The molecule has 0 aliphatic rings. The molecule has 0 spiro atoms. The maximum Gasteiger partial charge on any atom is 0.338 e. The Kier molecular flexibility index (Phi) is 3.93. The average Bonchev–Trinajstić information content (AvgIpc) is 3.22. The van der Waals surface area contributed by atoms with E-state index in [-0.39, 0.29) is 6.61 Å². The zero-order valence-corrected chi connectivity index (χ0v) is 12.4. The molecular weight excluding hydrogens is 294 g/mol. The van der Waals surface area contributed by atoms with E-state index < -0.39 is 5.97 Å². The second-order valence-electron chi connectivity index (χ2n) is 4.98. The smallest absolute Gasteiger partial charge is 0.338 e. The quantitative estimate of drug-likeness (QED) is 0.692. The van der Waals surface area contributed by atoms with Crippen molar-refractivity contribution in [1.82, 2.24) is 9.55 Å². The van der Waals surface area contributed by atoms with E-state index in [9.17, 15) is 4.79 Å². The second-order valence-corrected chi connectivity index (χ2v) is 4.98. The van der Waals surface area contributed by atoms with Gasteiger partial charge in [0.1, 0.15) is 18.4 Å². The number of hydrogen-bond acceptors (Lipinski definition) is 5. The number of hydrogen-bond donors (Lipinski definition) is 0. The van der Waals surface area contributed by atoms with Crippen LogP contribution in [0.5, 0.6) is 0 Å². The molecule has 0 aliphatic heterocycles. The van der Waals surface area contributed by atoms with Gasteiger partial charge in [0.05, 0.1) is 11.8 Å². The van der Waals surface area contributed by atoms with Crippen molar-refractivity contribution < 1.29 is 13.9 Å². The van der Waals surface area contributed by atoms with Gasteiger partial charge in [0.15, 0.2) is 12.2 Å². The number of aryl methyl sites for hydroxylation is 1. The molecule has 0 bridgehead atoms. The molecule has 1 aromatic carbocycles. The minimum absolute atomic E-state index is 0.123. The number of carbonyl (C=O) groups excluding carboxylic acids is 1. The molecule has 2 heterocycles. The molecule has 114 valence electrons. The molecule has 0 atom stereocenters. The number of esters is 1. The molecule has 2 aromatic heterocycles. The van der Waals surface area contributed by atoms with Gasteiger partial charge in [-0.05, 0) is 18.2 Å². The van der Waals surface area contributed by atoms with Crippen molar-refractivity contribution in [2.75, 3.05) is 0 Å². The van der Waals surface area contributed by atoms with E-state index in [2.05, 4.69) is 11.1 Å². The Bertz CT molecular complexity index is 856. The highest BCUT2D eigenvalue weighted by Crippen LogP contribution is 2.19. The lowest BCUT2D eigenvalue weighted by Crippen LogP contribution is -2.04. The van der Waals surface area contributed by atoms with Crippen LogP contribution in [0.2, 0.25) is 0 Å². The van der Waals surface area contributed by atoms with Crippen LogP contribution >= 0.6 is 0 Å². The predicted molar refractivity (Wildman–Crippen MR) is 81.2 cm³/mol. The van der Waals surface area contributed by atoms with Crippen molar-refractivity contribution in [3.63, 3.8) is 0 Å². The van der Waals surface area contributed by atoms with Gasteiger partial charge in [0.2, 0.25) is 0 Å². The summed E-state index contributed by atoms with van der Waals surface area (Å²) in [5.41, 5.74) is 2.58. The first-order valence-corrected chi connectivity index (χ1v) is 6.89. The summed E-state index contributed by atoms with van der Waals surface area (Å²) in [5, 5.41) is 8.90. The monoisotopic (exact) mass is 307 g/mol. The third-order valence-electron chi connectivity index (χ3n) is 3.38. The van der Waals surface area contributed by atoms with Crippen LogP contribution in [0.3, 0.4) is 0 Å². The van der Waals surface area contributed by atoms with Gasteiger partial charge in [-0.1, -0.05) is 12.1 Å². The first-order valence-electron chi connectivity index (χ1n) is 6.89. The molecule has 0 saturated heterocycles. The summed E-state index contributed by atoms with van der Waals surface area (Å²) in [7, 11) is 1.77. The fourth-order valence-electron chi connectivity index (χ4n) is 2.18. The molecule has 0 saturated carbocycles. The van der Waals surface area contributed by atoms with Crippen LogP contribution in [-0.2, 0) is 18.4 Å². The Morgan fingerprint density at radius 3 is 2.78 bits per heavy atom. The van der Waals surface area contributed by atoms with Gasteiger partial charge in [0.25, 0.3) is 0 Å². The molecule has 0 aliphatic carbocycles. The van der Waals surface area contributed by atoms with E-state index in [0.717, 1.165) is 11.1 Å². The summed E-state index contributed by atoms with van der Waals surface area (Å²) in [5.74, 6) is 0.217. The molecule has 6 heteroatoms.